The maximum absolute atomic E-state index is 5.02. The highest BCUT2D eigenvalue weighted by Crippen LogP contribution is 2.24. The van der Waals surface area contributed by atoms with Gasteiger partial charge in [-0.05, 0) is 30.7 Å². The number of aliphatic imine (C=N–C) groups is 1. The maximum atomic E-state index is 5.02. The van der Waals surface area contributed by atoms with Crippen LogP contribution in [0.3, 0.4) is 0 Å². The summed E-state index contributed by atoms with van der Waals surface area (Å²) >= 11 is 5.30. The van der Waals surface area contributed by atoms with Crippen LogP contribution in [0.1, 0.15) is 13.3 Å². The molecule has 0 fully saturated rings. The van der Waals surface area contributed by atoms with E-state index >= 15 is 0 Å². The number of halogens is 1. The van der Waals surface area contributed by atoms with Gasteiger partial charge in [0.05, 0.1) is 0 Å². The number of hydrogen-bond acceptors (Lipinski definition) is 3. The molecule has 2 N–H and O–H groups in total. The van der Waals surface area contributed by atoms with Crippen molar-refractivity contribution in [3.8, 4) is 0 Å². The first-order valence-corrected chi connectivity index (χ1v) is 8.68. The lowest BCUT2D eigenvalue weighted by Crippen LogP contribution is -2.40. The summed E-state index contributed by atoms with van der Waals surface area (Å²) in [6.07, 6.45) is 0.973. The van der Waals surface area contributed by atoms with Gasteiger partial charge in [-0.2, -0.15) is 0 Å². The van der Waals surface area contributed by atoms with Crippen LogP contribution in [0.4, 0.5) is 0 Å². The van der Waals surface area contributed by atoms with E-state index in [4.69, 9.17) is 4.74 Å². The molecule has 1 atom stereocenters. The van der Waals surface area contributed by atoms with Crippen LogP contribution in [0, 0.1) is 0 Å². The van der Waals surface area contributed by atoms with Gasteiger partial charge in [-0.1, -0.05) is 22.9 Å². The Kier molecular flexibility index (Phi) is 9.54. The van der Waals surface area contributed by atoms with E-state index in [0.717, 1.165) is 36.5 Å². The largest absolute Gasteiger partial charge is 0.385 e. The van der Waals surface area contributed by atoms with E-state index in [2.05, 4.69) is 62.7 Å². The highest BCUT2D eigenvalue weighted by Gasteiger charge is 2.06. The predicted molar refractivity (Wildman–Crippen MR) is 95.3 cm³/mol. The van der Waals surface area contributed by atoms with Gasteiger partial charge in [0.25, 0.3) is 0 Å². The van der Waals surface area contributed by atoms with E-state index in [-0.39, 0.29) is 0 Å². The van der Waals surface area contributed by atoms with Crippen molar-refractivity contribution in [2.24, 2.45) is 4.99 Å². The minimum Gasteiger partial charge on any atom is -0.385 e. The fourth-order valence-corrected chi connectivity index (χ4v) is 2.86. The number of hydrogen-bond donors (Lipinski definition) is 2. The molecule has 21 heavy (non-hydrogen) atoms. The van der Waals surface area contributed by atoms with Crippen LogP contribution >= 0.6 is 27.7 Å². The zero-order valence-electron chi connectivity index (χ0n) is 12.9. The van der Waals surface area contributed by atoms with Gasteiger partial charge in [-0.15, -0.1) is 11.8 Å². The molecule has 0 heterocycles. The molecule has 0 aliphatic heterocycles. The lowest BCUT2D eigenvalue weighted by atomic mass is 10.4. The molecule has 4 nitrogen and oxygen atoms in total. The summed E-state index contributed by atoms with van der Waals surface area (Å²) in [4.78, 5) is 5.49. The molecule has 0 aliphatic carbocycles. The lowest BCUT2D eigenvalue weighted by molar-refractivity contribution is 0.195. The average Bonchev–Trinajstić information content (AvgIpc) is 2.49. The minimum atomic E-state index is 0.462. The van der Waals surface area contributed by atoms with Crippen molar-refractivity contribution in [2.45, 2.75) is 23.5 Å². The van der Waals surface area contributed by atoms with Gasteiger partial charge in [0, 0.05) is 48.5 Å². The zero-order chi connectivity index (χ0) is 15.5. The Morgan fingerprint density at radius 1 is 1.33 bits per heavy atom. The number of nitrogens with zero attached hydrogens (tertiary/aromatic N) is 1. The van der Waals surface area contributed by atoms with Gasteiger partial charge in [0.1, 0.15) is 0 Å². The summed E-state index contributed by atoms with van der Waals surface area (Å²) in [5, 5.41) is 7.08. The van der Waals surface area contributed by atoms with Gasteiger partial charge < -0.3 is 15.4 Å². The number of guanidine groups is 1. The third-order valence-corrected chi connectivity index (χ3v) is 4.39. The van der Waals surface area contributed by atoms with Crippen LogP contribution in [-0.4, -0.2) is 45.1 Å². The molecule has 6 heteroatoms. The van der Waals surface area contributed by atoms with Crippen molar-refractivity contribution in [1.29, 1.82) is 0 Å². The van der Waals surface area contributed by atoms with Gasteiger partial charge in [0.15, 0.2) is 5.96 Å². The number of methoxy groups -OCH3 is 1. The SMILES string of the molecule is CN=C(NCCCOC)NCC(C)Sc1ccc(Br)cc1. The predicted octanol–water partition coefficient (Wildman–Crippen LogP) is 3.13. The Bertz CT molecular complexity index is 425. The second kappa shape index (κ2) is 10.9. The molecule has 0 saturated heterocycles. The Labute approximate surface area is 140 Å². The van der Waals surface area contributed by atoms with Crippen LogP contribution in [0.2, 0.25) is 0 Å². The van der Waals surface area contributed by atoms with E-state index in [1.807, 2.05) is 11.8 Å². The van der Waals surface area contributed by atoms with Gasteiger partial charge in [0.2, 0.25) is 0 Å². The quantitative estimate of drug-likeness (QED) is 0.318. The van der Waals surface area contributed by atoms with E-state index in [9.17, 15) is 0 Å². The normalized spacial score (nSPS) is 13.0. The molecule has 118 valence electrons. The fourth-order valence-electron chi connectivity index (χ4n) is 1.67. The number of benzene rings is 1. The second-order valence-electron chi connectivity index (χ2n) is 4.61. The molecule has 0 aliphatic rings. The van der Waals surface area contributed by atoms with Crippen LogP contribution in [0.25, 0.3) is 0 Å². The van der Waals surface area contributed by atoms with Crippen molar-refractivity contribution in [3.05, 3.63) is 28.7 Å². The van der Waals surface area contributed by atoms with Crippen LogP contribution in [-0.2, 0) is 4.74 Å². The van der Waals surface area contributed by atoms with E-state index in [1.54, 1.807) is 14.2 Å². The number of ether oxygens (including phenoxy) is 1. The topological polar surface area (TPSA) is 45.7 Å². The zero-order valence-corrected chi connectivity index (χ0v) is 15.3. The molecule has 0 spiro atoms. The highest BCUT2D eigenvalue weighted by molar-refractivity contribution is 9.10. The number of rotatable bonds is 8. The Morgan fingerprint density at radius 3 is 2.67 bits per heavy atom. The molecule has 0 aromatic heterocycles. The van der Waals surface area contributed by atoms with Crippen molar-refractivity contribution >= 4 is 33.7 Å². The highest BCUT2D eigenvalue weighted by atomic mass is 79.9. The third kappa shape index (κ3) is 8.34. The van der Waals surface area contributed by atoms with Gasteiger partial charge >= 0.3 is 0 Å². The Morgan fingerprint density at radius 2 is 2.05 bits per heavy atom. The molecular formula is C15H24BrN3OS. The van der Waals surface area contributed by atoms with E-state index in [0.29, 0.717) is 5.25 Å². The molecule has 0 amide bonds. The first-order chi connectivity index (χ1) is 10.2. The molecular weight excluding hydrogens is 350 g/mol. The molecule has 0 radical (unpaired) electrons. The molecule has 1 aromatic carbocycles. The number of nitrogens with one attached hydrogen (secondary N) is 2. The van der Waals surface area contributed by atoms with Gasteiger partial charge in [-0.25, -0.2) is 0 Å². The van der Waals surface area contributed by atoms with Crippen LogP contribution in [0.15, 0.2) is 38.6 Å². The standard InChI is InChI=1S/C15H24BrN3OS/c1-12(21-14-7-5-13(16)6-8-14)11-19-15(17-2)18-9-4-10-20-3/h5-8,12H,4,9-11H2,1-3H3,(H2,17,18,19). The van der Waals surface area contributed by atoms with Crippen molar-refractivity contribution in [1.82, 2.24) is 10.6 Å². The average molecular weight is 374 g/mol. The first-order valence-electron chi connectivity index (χ1n) is 7.01. The van der Waals surface area contributed by atoms with Crippen LogP contribution in [0.5, 0.6) is 0 Å². The summed E-state index contributed by atoms with van der Waals surface area (Å²) in [6, 6.07) is 8.39. The Hall–Kier alpha value is -0.720. The Balaban J connectivity index is 2.27. The van der Waals surface area contributed by atoms with Crippen molar-refractivity contribution in [3.63, 3.8) is 0 Å². The fraction of sp³-hybridized carbons (Fsp3) is 0.533. The molecule has 1 unspecified atom stereocenters. The van der Waals surface area contributed by atoms with Gasteiger partial charge in [-0.3, -0.25) is 4.99 Å². The smallest absolute Gasteiger partial charge is 0.191 e. The van der Waals surface area contributed by atoms with Crippen molar-refractivity contribution < 1.29 is 4.74 Å². The second-order valence-corrected chi connectivity index (χ2v) is 7.04. The summed E-state index contributed by atoms with van der Waals surface area (Å²) in [5.41, 5.74) is 0. The lowest BCUT2D eigenvalue weighted by Gasteiger charge is -2.16. The summed E-state index contributed by atoms with van der Waals surface area (Å²) in [5.74, 6) is 0.842. The number of thioether (sulfide) groups is 1. The van der Waals surface area contributed by atoms with E-state index < -0.39 is 0 Å². The van der Waals surface area contributed by atoms with Crippen molar-refractivity contribution in [2.75, 3.05) is 33.9 Å². The first kappa shape index (κ1) is 18.3. The third-order valence-electron chi connectivity index (χ3n) is 2.75. The maximum Gasteiger partial charge on any atom is 0.191 e. The molecule has 1 rings (SSSR count). The molecule has 0 saturated carbocycles. The molecule has 1 aromatic rings. The monoisotopic (exact) mass is 373 g/mol. The van der Waals surface area contributed by atoms with Crippen LogP contribution < -0.4 is 10.6 Å². The summed E-state index contributed by atoms with van der Waals surface area (Å²) < 4.78 is 6.13. The molecule has 0 bridgehead atoms. The summed E-state index contributed by atoms with van der Waals surface area (Å²) in [7, 11) is 3.51. The van der Waals surface area contributed by atoms with E-state index in [1.165, 1.54) is 4.90 Å². The summed E-state index contributed by atoms with van der Waals surface area (Å²) in [6.45, 7) is 4.70. The minimum absolute atomic E-state index is 0.462.